The highest BCUT2D eigenvalue weighted by Gasteiger charge is 2.38. The van der Waals surface area contributed by atoms with Crippen molar-refractivity contribution in [2.75, 3.05) is 20.1 Å². The number of carbonyl (C=O) groups excluding carboxylic acids is 1. The molecule has 0 radical (unpaired) electrons. The molecule has 1 atom stereocenters. The first-order chi connectivity index (χ1) is 14.8. The molecule has 0 unspecified atom stereocenters. The fourth-order valence-electron chi connectivity index (χ4n) is 4.95. The smallest absolute Gasteiger partial charge is 0.534 e. The van der Waals surface area contributed by atoms with E-state index >= 15 is 0 Å². The Hall–Kier alpha value is -2.75. The van der Waals surface area contributed by atoms with Gasteiger partial charge in [-0.25, -0.2) is 4.79 Å². The Balaban J connectivity index is 1.28. The van der Waals surface area contributed by atoms with E-state index in [1.165, 1.54) is 6.07 Å². The van der Waals surface area contributed by atoms with Gasteiger partial charge in [-0.3, -0.25) is 10.2 Å². The molecule has 2 fully saturated rings. The monoisotopic (exact) mass is 428 g/mol. The summed E-state index contributed by atoms with van der Waals surface area (Å²) < 4.78 is 5.45. The van der Waals surface area contributed by atoms with E-state index in [9.17, 15) is 19.7 Å². The molecule has 3 aliphatic rings. The van der Waals surface area contributed by atoms with E-state index < -0.39 is 19.0 Å². The number of hydrogen-bond acceptors (Lipinski definition) is 5. The van der Waals surface area contributed by atoms with Gasteiger partial charge in [0.25, 0.3) is 0 Å². The van der Waals surface area contributed by atoms with Gasteiger partial charge in [-0.05, 0) is 49.7 Å². The minimum atomic E-state index is -1.29. The lowest BCUT2D eigenvalue weighted by Crippen LogP contribution is -2.53. The predicted octanol–water partition coefficient (Wildman–Crippen LogP) is 0.955. The third-order valence-electron chi connectivity index (χ3n) is 6.74. The maximum Gasteiger partial charge on any atom is 0.547 e. The molecule has 9 nitrogen and oxygen atoms in total. The fourth-order valence-corrected chi connectivity index (χ4v) is 4.95. The van der Waals surface area contributed by atoms with Crippen molar-refractivity contribution in [3.05, 3.63) is 29.3 Å². The van der Waals surface area contributed by atoms with E-state index in [2.05, 4.69) is 10.2 Å². The molecular formula is C21H29BN4O5. The summed E-state index contributed by atoms with van der Waals surface area (Å²) in [4.78, 5) is 28.1. The van der Waals surface area contributed by atoms with Gasteiger partial charge < -0.3 is 29.9 Å². The van der Waals surface area contributed by atoms with Crippen molar-refractivity contribution in [1.82, 2.24) is 15.1 Å². The van der Waals surface area contributed by atoms with Gasteiger partial charge in [0.05, 0.1) is 11.5 Å². The number of amides is 1. The summed E-state index contributed by atoms with van der Waals surface area (Å²) in [5, 5.41) is 30.7. The lowest BCUT2D eigenvalue weighted by Gasteiger charge is -2.35. The second kappa shape index (κ2) is 8.78. The summed E-state index contributed by atoms with van der Waals surface area (Å²) >= 11 is 0. The molecule has 1 aromatic carbocycles. The van der Waals surface area contributed by atoms with Gasteiger partial charge in [-0.1, -0.05) is 12.1 Å². The number of rotatable bonds is 5. The van der Waals surface area contributed by atoms with E-state index in [0.29, 0.717) is 36.3 Å². The Morgan fingerprint density at radius 3 is 2.65 bits per heavy atom. The topological polar surface area (TPSA) is 126 Å². The quantitative estimate of drug-likeness (QED) is 0.515. The number of aromatic carboxylic acids is 1. The zero-order valence-electron chi connectivity index (χ0n) is 17.7. The molecule has 2 aliphatic heterocycles. The molecule has 31 heavy (non-hydrogen) atoms. The van der Waals surface area contributed by atoms with Crippen molar-refractivity contribution < 1.29 is 24.4 Å². The summed E-state index contributed by atoms with van der Waals surface area (Å²) in [5.41, 5.74) is 0.671. The van der Waals surface area contributed by atoms with Crippen LogP contribution in [0.2, 0.25) is 0 Å². The number of fused-ring (bicyclic) bond motifs is 1. The Kier molecular flexibility index (Phi) is 6.09. The molecule has 1 aromatic rings. The SMILES string of the molecule is CN1CCN([C@H]2CC[C@H](CC(=O)N[C@H]3Cc4cccc(C(=O)O)c4OB3O)CC2)C1=N. The molecule has 1 amide bonds. The first-order valence-corrected chi connectivity index (χ1v) is 10.9. The molecular weight excluding hydrogens is 399 g/mol. The summed E-state index contributed by atoms with van der Waals surface area (Å²) in [6, 6.07) is 5.20. The Morgan fingerprint density at radius 1 is 1.26 bits per heavy atom. The molecule has 0 aromatic heterocycles. The van der Waals surface area contributed by atoms with Crippen LogP contribution in [0.1, 0.15) is 48.0 Å². The molecule has 10 heteroatoms. The third kappa shape index (κ3) is 4.49. The first kappa shape index (κ1) is 21.5. The molecule has 1 saturated carbocycles. The van der Waals surface area contributed by atoms with E-state index in [1.54, 1.807) is 12.1 Å². The lowest BCUT2D eigenvalue weighted by atomic mass is 9.72. The average Bonchev–Trinajstić information content (AvgIpc) is 3.07. The number of guanidine groups is 1. The van der Waals surface area contributed by atoms with Crippen LogP contribution in [-0.4, -0.2) is 77.0 Å². The lowest BCUT2D eigenvalue weighted by molar-refractivity contribution is -0.122. The van der Waals surface area contributed by atoms with Gasteiger partial charge >= 0.3 is 13.1 Å². The number of benzene rings is 1. The molecule has 4 rings (SSSR count). The Labute approximate surface area is 182 Å². The van der Waals surface area contributed by atoms with Gasteiger partial charge in [0.2, 0.25) is 5.91 Å². The largest absolute Gasteiger partial charge is 0.547 e. The summed E-state index contributed by atoms with van der Waals surface area (Å²) in [5.74, 6) is -0.789. The summed E-state index contributed by atoms with van der Waals surface area (Å²) in [7, 11) is 0.661. The van der Waals surface area contributed by atoms with Crippen molar-refractivity contribution in [1.29, 1.82) is 5.41 Å². The minimum Gasteiger partial charge on any atom is -0.534 e. The van der Waals surface area contributed by atoms with Crippen molar-refractivity contribution >= 4 is 25.0 Å². The van der Waals surface area contributed by atoms with E-state index in [0.717, 1.165) is 38.8 Å². The van der Waals surface area contributed by atoms with Crippen LogP contribution in [0.5, 0.6) is 5.75 Å². The maximum absolute atomic E-state index is 12.6. The molecule has 0 bridgehead atoms. The molecule has 0 spiro atoms. The van der Waals surface area contributed by atoms with Crippen molar-refractivity contribution in [3.63, 3.8) is 0 Å². The van der Waals surface area contributed by atoms with Gasteiger partial charge in [-0.15, -0.1) is 0 Å². The third-order valence-corrected chi connectivity index (χ3v) is 6.74. The Bertz CT molecular complexity index is 873. The van der Waals surface area contributed by atoms with Crippen LogP contribution in [0.4, 0.5) is 0 Å². The highest BCUT2D eigenvalue weighted by molar-refractivity contribution is 6.47. The molecule has 1 saturated heterocycles. The number of likely N-dealkylation sites (N-methyl/N-ethyl adjacent to an activating group) is 1. The summed E-state index contributed by atoms with van der Waals surface area (Å²) in [6.07, 6.45) is 4.57. The number of nitrogens with one attached hydrogen (secondary N) is 2. The maximum atomic E-state index is 12.6. The number of nitrogens with zero attached hydrogens (tertiary/aromatic N) is 2. The van der Waals surface area contributed by atoms with E-state index in [4.69, 9.17) is 10.1 Å². The van der Waals surface area contributed by atoms with Crippen molar-refractivity contribution in [2.24, 2.45) is 5.92 Å². The highest BCUT2D eigenvalue weighted by atomic mass is 16.5. The normalized spacial score (nSPS) is 25.8. The van der Waals surface area contributed by atoms with Crippen LogP contribution in [0.3, 0.4) is 0 Å². The summed E-state index contributed by atoms with van der Waals surface area (Å²) in [6.45, 7) is 1.79. The number of carboxylic acid groups (broad SMARTS) is 1. The van der Waals surface area contributed by atoms with Crippen LogP contribution >= 0.6 is 0 Å². The van der Waals surface area contributed by atoms with Gasteiger partial charge in [0.15, 0.2) is 5.96 Å². The first-order valence-electron chi connectivity index (χ1n) is 10.9. The second-order valence-electron chi connectivity index (χ2n) is 8.80. The van der Waals surface area contributed by atoms with E-state index in [-0.39, 0.29) is 17.2 Å². The molecule has 4 N–H and O–H groups in total. The fraction of sp³-hybridized carbons (Fsp3) is 0.571. The highest BCUT2D eigenvalue weighted by Crippen LogP contribution is 2.32. The average molecular weight is 428 g/mol. The van der Waals surface area contributed by atoms with Crippen molar-refractivity contribution in [3.8, 4) is 5.75 Å². The zero-order valence-corrected chi connectivity index (χ0v) is 17.7. The molecule has 1 aliphatic carbocycles. The number of carboxylic acids is 1. The van der Waals surface area contributed by atoms with Gasteiger partial charge in [-0.2, -0.15) is 0 Å². The van der Waals surface area contributed by atoms with Crippen LogP contribution < -0.4 is 9.97 Å². The Morgan fingerprint density at radius 2 is 2.00 bits per heavy atom. The second-order valence-corrected chi connectivity index (χ2v) is 8.80. The predicted molar refractivity (Wildman–Crippen MR) is 115 cm³/mol. The minimum absolute atomic E-state index is 0.00960. The standard InChI is InChI=1S/C21H29BN4O5/c1-25-9-10-26(21(25)23)15-7-5-13(6-8-15)11-18(27)24-17-12-14-3-2-4-16(20(28)29)19(14)31-22(17)30/h2-4,13,15,17,23,30H,5-12H2,1H3,(H,24,27)(H,28,29)/t13-,15-,17-/m0/s1. The number of para-hydroxylation sites is 1. The zero-order chi connectivity index (χ0) is 22.1. The van der Waals surface area contributed by atoms with Gasteiger partial charge in [0, 0.05) is 32.6 Å². The van der Waals surface area contributed by atoms with Crippen LogP contribution in [0, 0.1) is 11.3 Å². The van der Waals surface area contributed by atoms with Crippen molar-refractivity contribution in [2.45, 2.75) is 50.5 Å². The van der Waals surface area contributed by atoms with Crippen LogP contribution in [0.15, 0.2) is 18.2 Å². The molecule has 166 valence electrons. The molecule has 2 heterocycles. The van der Waals surface area contributed by atoms with Crippen LogP contribution in [-0.2, 0) is 11.2 Å². The number of hydrogen-bond donors (Lipinski definition) is 4. The van der Waals surface area contributed by atoms with Crippen LogP contribution in [0.25, 0.3) is 0 Å². The van der Waals surface area contributed by atoms with Gasteiger partial charge in [0.1, 0.15) is 5.75 Å². The van der Waals surface area contributed by atoms with E-state index in [1.807, 2.05) is 11.9 Å². The number of carbonyl (C=O) groups is 2.